The second-order valence-corrected chi connectivity index (χ2v) is 4.27. The van der Waals surface area contributed by atoms with Crippen LogP contribution in [0.15, 0.2) is 36.4 Å². The average Bonchev–Trinajstić information content (AvgIpc) is 2.40. The minimum atomic E-state index is -0.396. The zero-order valence-corrected chi connectivity index (χ0v) is 9.15. The van der Waals surface area contributed by atoms with Crippen LogP contribution in [0.1, 0.15) is 12.8 Å². The molecule has 2 bridgehead atoms. The molecule has 0 saturated carbocycles. The number of benzene rings is 1. The van der Waals surface area contributed by atoms with E-state index in [-0.39, 0.29) is 17.8 Å². The largest absolute Gasteiger partial charge is 0.269 e. The molecule has 0 N–H and O–H groups in total. The summed E-state index contributed by atoms with van der Waals surface area (Å²) in [5.74, 6) is 0. The molecule has 5 nitrogen and oxygen atoms in total. The van der Waals surface area contributed by atoms with Crippen LogP contribution in [0, 0.1) is 10.1 Å². The van der Waals surface area contributed by atoms with E-state index in [1.807, 2.05) is 5.06 Å². The van der Waals surface area contributed by atoms with Crippen LogP contribution < -0.4 is 5.06 Å². The molecule has 5 heteroatoms. The normalized spacial score (nSPS) is 26.2. The average molecular weight is 232 g/mol. The van der Waals surface area contributed by atoms with Crippen LogP contribution in [0.25, 0.3) is 0 Å². The number of rotatable bonds is 2. The Labute approximate surface area is 98.4 Å². The van der Waals surface area contributed by atoms with Gasteiger partial charge in [0, 0.05) is 12.1 Å². The van der Waals surface area contributed by atoms with Crippen LogP contribution in [0.3, 0.4) is 0 Å². The van der Waals surface area contributed by atoms with Gasteiger partial charge < -0.3 is 0 Å². The lowest BCUT2D eigenvalue weighted by atomic mass is 9.98. The van der Waals surface area contributed by atoms with Crippen LogP contribution >= 0.6 is 0 Å². The Morgan fingerprint density at radius 1 is 1.24 bits per heavy atom. The molecule has 1 saturated heterocycles. The highest BCUT2D eigenvalue weighted by atomic mass is 16.7. The smallest absolute Gasteiger partial charge is 0.265 e. The topological polar surface area (TPSA) is 55.6 Å². The Hall–Kier alpha value is -1.88. The molecule has 2 atom stereocenters. The fourth-order valence-electron chi connectivity index (χ4n) is 2.26. The van der Waals surface area contributed by atoms with Crippen LogP contribution in [-0.4, -0.2) is 17.1 Å². The summed E-state index contributed by atoms with van der Waals surface area (Å²) >= 11 is 0. The van der Waals surface area contributed by atoms with Gasteiger partial charge in [-0.25, -0.2) is 5.06 Å². The summed E-state index contributed by atoms with van der Waals surface area (Å²) < 4.78 is 0. The maximum Gasteiger partial charge on any atom is 0.269 e. The molecule has 0 radical (unpaired) electrons. The van der Waals surface area contributed by atoms with Crippen molar-refractivity contribution >= 4 is 11.4 Å². The molecule has 17 heavy (non-hydrogen) atoms. The van der Waals surface area contributed by atoms with Crippen LogP contribution in [0.4, 0.5) is 11.4 Å². The Balaban J connectivity index is 1.85. The molecule has 2 unspecified atom stereocenters. The van der Waals surface area contributed by atoms with E-state index in [9.17, 15) is 10.1 Å². The molecule has 0 amide bonds. The number of nitro benzene ring substituents is 1. The van der Waals surface area contributed by atoms with Crippen molar-refractivity contribution in [3.8, 4) is 0 Å². The minimum Gasteiger partial charge on any atom is -0.265 e. The summed E-state index contributed by atoms with van der Waals surface area (Å²) in [6, 6.07) is 6.72. The Kier molecular flexibility index (Phi) is 2.33. The van der Waals surface area contributed by atoms with E-state index < -0.39 is 4.92 Å². The van der Waals surface area contributed by atoms with Gasteiger partial charge in [-0.2, -0.15) is 0 Å². The van der Waals surface area contributed by atoms with E-state index in [1.54, 1.807) is 12.1 Å². The molecule has 1 fully saturated rings. The highest BCUT2D eigenvalue weighted by Gasteiger charge is 2.31. The van der Waals surface area contributed by atoms with Crippen molar-refractivity contribution in [1.29, 1.82) is 0 Å². The molecule has 1 aromatic carbocycles. The lowest BCUT2D eigenvalue weighted by Gasteiger charge is -2.41. The number of hydrogen-bond donors (Lipinski definition) is 0. The number of non-ortho nitro benzene ring substituents is 1. The van der Waals surface area contributed by atoms with Gasteiger partial charge >= 0.3 is 0 Å². The van der Waals surface area contributed by atoms with E-state index in [4.69, 9.17) is 4.84 Å². The van der Waals surface area contributed by atoms with Crippen molar-refractivity contribution < 1.29 is 9.76 Å². The number of nitrogens with zero attached hydrogens (tertiary/aromatic N) is 2. The Morgan fingerprint density at radius 2 is 2.00 bits per heavy atom. The molecule has 1 aliphatic carbocycles. The maximum atomic E-state index is 10.6. The quantitative estimate of drug-likeness (QED) is 0.446. The van der Waals surface area contributed by atoms with Crippen molar-refractivity contribution in [1.82, 2.24) is 0 Å². The van der Waals surface area contributed by atoms with E-state index >= 15 is 0 Å². The number of anilines is 1. The first-order valence-corrected chi connectivity index (χ1v) is 5.63. The van der Waals surface area contributed by atoms with Gasteiger partial charge in [-0.1, -0.05) is 12.2 Å². The number of fused-ring (bicyclic) bond motifs is 2. The van der Waals surface area contributed by atoms with Crippen molar-refractivity contribution in [3.05, 3.63) is 46.5 Å². The van der Waals surface area contributed by atoms with Gasteiger partial charge in [0.1, 0.15) is 6.10 Å². The summed E-state index contributed by atoms with van der Waals surface area (Å²) in [5, 5.41) is 12.4. The molecule has 2 aliphatic heterocycles. The summed E-state index contributed by atoms with van der Waals surface area (Å²) in [5.41, 5.74) is 0.973. The van der Waals surface area contributed by atoms with E-state index in [0.717, 1.165) is 18.5 Å². The fraction of sp³-hybridized carbons (Fsp3) is 0.333. The number of nitro groups is 1. The molecular formula is C12H12N2O3. The summed E-state index contributed by atoms with van der Waals surface area (Å²) in [4.78, 5) is 15.9. The third-order valence-corrected chi connectivity index (χ3v) is 3.16. The van der Waals surface area contributed by atoms with Gasteiger partial charge in [0.15, 0.2) is 0 Å². The van der Waals surface area contributed by atoms with E-state index in [1.165, 1.54) is 12.1 Å². The van der Waals surface area contributed by atoms with Gasteiger partial charge in [0.2, 0.25) is 0 Å². The first-order chi connectivity index (χ1) is 8.24. The Morgan fingerprint density at radius 3 is 2.47 bits per heavy atom. The van der Waals surface area contributed by atoms with Crippen molar-refractivity contribution in [2.45, 2.75) is 25.0 Å². The van der Waals surface area contributed by atoms with Gasteiger partial charge in [0.05, 0.1) is 16.7 Å². The van der Waals surface area contributed by atoms with E-state index in [2.05, 4.69) is 12.2 Å². The van der Waals surface area contributed by atoms with Crippen LogP contribution in [0.5, 0.6) is 0 Å². The fourth-order valence-corrected chi connectivity index (χ4v) is 2.26. The summed E-state index contributed by atoms with van der Waals surface area (Å²) in [6.45, 7) is 0. The Bertz CT molecular complexity index is 469. The molecule has 0 aromatic heterocycles. The second-order valence-electron chi connectivity index (χ2n) is 4.27. The van der Waals surface area contributed by atoms with Gasteiger partial charge in [-0.05, 0) is 25.0 Å². The molecular weight excluding hydrogens is 220 g/mol. The van der Waals surface area contributed by atoms with Gasteiger partial charge in [0.25, 0.3) is 5.69 Å². The SMILES string of the molecule is O=[N+]([O-])c1ccc(N2OC3C=CC2CC3)cc1. The van der Waals surface area contributed by atoms with Crippen molar-refractivity contribution in [2.24, 2.45) is 0 Å². The zero-order valence-electron chi connectivity index (χ0n) is 9.15. The monoisotopic (exact) mass is 232 g/mol. The molecule has 88 valence electrons. The second kappa shape index (κ2) is 3.85. The highest BCUT2D eigenvalue weighted by molar-refractivity contribution is 5.51. The third-order valence-electron chi connectivity index (χ3n) is 3.16. The summed E-state index contributed by atoms with van der Waals surface area (Å²) in [6.07, 6.45) is 6.48. The van der Waals surface area contributed by atoms with Crippen molar-refractivity contribution in [3.63, 3.8) is 0 Å². The zero-order chi connectivity index (χ0) is 11.8. The highest BCUT2D eigenvalue weighted by Crippen LogP contribution is 2.32. The minimum absolute atomic E-state index is 0.103. The van der Waals surface area contributed by atoms with Gasteiger partial charge in [-0.3, -0.25) is 15.0 Å². The summed E-state index contributed by atoms with van der Waals surface area (Å²) in [7, 11) is 0. The maximum absolute atomic E-state index is 10.6. The van der Waals surface area contributed by atoms with E-state index in [0.29, 0.717) is 0 Å². The molecule has 2 heterocycles. The standard InChI is InChI=1S/C12H12N2O3/c15-14(16)11-3-1-9(2-4-11)13-10-5-7-12(17-13)8-6-10/h1-5,7,10,12H,6,8H2. The van der Waals surface area contributed by atoms with Gasteiger partial charge in [-0.15, -0.1) is 0 Å². The van der Waals surface area contributed by atoms with Crippen molar-refractivity contribution in [2.75, 3.05) is 5.06 Å². The first kappa shape index (κ1) is 10.3. The number of hydrogen-bond acceptors (Lipinski definition) is 4. The molecule has 3 aliphatic rings. The first-order valence-electron chi connectivity index (χ1n) is 5.63. The molecule has 1 aromatic rings. The van der Waals surface area contributed by atoms with Crippen LogP contribution in [-0.2, 0) is 4.84 Å². The molecule has 4 rings (SSSR count). The predicted octanol–water partition coefficient (Wildman–Crippen LogP) is 2.43. The molecule has 0 spiro atoms. The number of hydroxylamine groups is 1. The third kappa shape index (κ3) is 1.78. The lowest BCUT2D eigenvalue weighted by Crippen LogP contribution is -2.45. The predicted molar refractivity (Wildman–Crippen MR) is 62.6 cm³/mol. The lowest BCUT2D eigenvalue weighted by molar-refractivity contribution is -0.384. The van der Waals surface area contributed by atoms with Crippen LogP contribution in [0.2, 0.25) is 0 Å².